The quantitative estimate of drug-likeness (QED) is 0.613. The molecule has 0 unspecified atom stereocenters. The van der Waals surface area contributed by atoms with Gasteiger partial charge in [-0.05, 0) is 22.9 Å². The van der Waals surface area contributed by atoms with E-state index >= 15 is 0 Å². The standard InChI is InChI=1S/C21H17O2S/c1-21(2,3)16-11-10-15(24-16)18-19(22)13-8-4-6-12-7-5-9-14(17(12)13)20(18)23/h4-11H,1-3H3. The topological polar surface area (TPSA) is 34.1 Å². The Hall–Kier alpha value is -2.26. The molecule has 24 heavy (non-hydrogen) atoms. The number of hydrogen-bond donors (Lipinski definition) is 0. The Morgan fingerprint density at radius 1 is 0.792 bits per heavy atom. The predicted octanol–water partition coefficient (Wildman–Crippen LogP) is 5.20. The van der Waals surface area contributed by atoms with Crippen molar-refractivity contribution in [3.05, 3.63) is 75.3 Å². The molecule has 0 aliphatic heterocycles. The molecule has 4 rings (SSSR count). The first kappa shape index (κ1) is 15.3. The van der Waals surface area contributed by atoms with Crippen molar-refractivity contribution in [1.29, 1.82) is 0 Å². The largest absolute Gasteiger partial charge is 0.293 e. The molecular formula is C21H17O2S. The molecule has 2 nitrogen and oxygen atoms in total. The van der Waals surface area contributed by atoms with E-state index in [0.717, 1.165) is 15.6 Å². The Bertz CT molecular complexity index is 938. The molecule has 1 aromatic heterocycles. The summed E-state index contributed by atoms with van der Waals surface area (Å²) >= 11 is 1.54. The zero-order chi connectivity index (χ0) is 17.1. The first-order valence-corrected chi connectivity index (χ1v) is 8.78. The predicted molar refractivity (Wildman–Crippen MR) is 98.0 cm³/mol. The van der Waals surface area contributed by atoms with Gasteiger partial charge < -0.3 is 0 Å². The van der Waals surface area contributed by atoms with E-state index in [1.54, 1.807) is 0 Å². The third-order valence-corrected chi connectivity index (χ3v) is 5.97. The molecule has 1 radical (unpaired) electrons. The van der Waals surface area contributed by atoms with Crippen molar-refractivity contribution in [2.75, 3.05) is 0 Å². The third-order valence-electron chi connectivity index (χ3n) is 4.44. The summed E-state index contributed by atoms with van der Waals surface area (Å²) in [6.07, 6.45) is 0. The molecular weight excluding hydrogens is 316 g/mol. The molecule has 0 atom stereocenters. The Kier molecular flexibility index (Phi) is 3.26. The van der Waals surface area contributed by atoms with E-state index in [9.17, 15) is 9.59 Å². The molecule has 0 saturated carbocycles. The lowest BCUT2D eigenvalue weighted by atomic mass is 9.79. The molecule has 0 fully saturated rings. The number of hydrogen-bond acceptors (Lipinski definition) is 3. The number of carbonyl (C=O) groups excluding carboxylic acids is 2. The first-order chi connectivity index (χ1) is 11.4. The Labute approximate surface area is 145 Å². The molecule has 3 aromatic rings. The average Bonchev–Trinajstić information content (AvgIpc) is 3.02. The maximum atomic E-state index is 13.0. The van der Waals surface area contributed by atoms with E-state index in [4.69, 9.17) is 0 Å². The second kappa shape index (κ2) is 5.12. The molecule has 1 aliphatic carbocycles. The Morgan fingerprint density at radius 3 is 1.88 bits per heavy atom. The van der Waals surface area contributed by atoms with Gasteiger partial charge in [-0.25, -0.2) is 0 Å². The van der Waals surface area contributed by atoms with Crippen LogP contribution in [0.4, 0.5) is 0 Å². The van der Waals surface area contributed by atoms with Crippen LogP contribution in [0.2, 0.25) is 0 Å². The lowest BCUT2D eigenvalue weighted by molar-refractivity contribution is 0.0929. The smallest absolute Gasteiger partial charge is 0.184 e. The number of ketones is 2. The van der Waals surface area contributed by atoms with Gasteiger partial charge in [-0.1, -0.05) is 57.2 Å². The second-order valence-electron chi connectivity index (χ2n) is 7.16. The fourth-order valence-electron chi connectivity index (χ4n) is 3.19. The Balaban J connectivity index is 1.90. The van der Waals surface area contributed by atoms with Gasteiger partial charge in [-0.3, -0.25) is 9.59 Å². The van der Waals surface area contributed by atoms with E-state index in [1.807, 2.05) is 48.5 Å². The highest BCUT2D eigenvalue weighted by Crippen LogP contribution is 2.40. The van der Waals surface area contributed by atoms with Crippen LogP contribution in [0.5, 0.6) is 0 Å². The summed E-state index contributed by atoms with van der Waals surface area (Å²) in [5.74, 6) is -0.0140. The van der Waals surface area contributed by atoms with Gasteiger partial charge in [0.1, 0.15) is 0 Å². The molecule has 0 spiro atoms. The lowest BCUT2D eigenvalue weighted by Crippen LogP contribution is -2.27. The second-order valence-corrected chi connectivity index (χ2v) is 8.24. The zero-order valence-electron chi connectivity index (χ0n) is 13.8. The van der Waals surface area contributed by atoms with Crippen molar-refractivity contribution >= 4 is 33.7 Å². The van der Waals surface area contributed by atoms with Gasteiger partial charge in [0.05, 0.1) is 0 Å². The maximum absolute atomic E-state index is 13.0. The van der Waals surface area contributed by atoms with Crippen LogP contribution in [0.15, 0.2) is 48.5 Å². The van der Waals surface area contributed by atoms with Crippen LogP contribution in [0.1, 0.15) is 51.2 Å². The minimum Gasteiger partial charge on any atom is -0.293 e. The summed E-state index contributed by atoms with van der Waals surface area (Å²) in [5, 5.41) is 1.72. The molecule has 3 heteroatoms. The van der Waals surface area contributed by atoms with Crippen molar-refractivity contribution < 1.29 is 9.59 Å². The van der Waals surface area contributed by atoms with Gasteiger partial charge in [0.2, 0.25) is 0 Å². The highest BCUT2D eigenvalue weighted by atomic mass is 32.1. The summed E-state index contributed by atoms with van der Waals surface area (Å²) in [4.78, 5) is 28.0. The highest BCUT2D eigenvalue weighted by Gasteiger charge is 2.39. The van der Waals surface area contributed by atoms with Crippen LogP contribution in [0, 0.1) is 5.92 Å². The van der Waals surface area contributed by atoms with Crippen LogP contribution >= 0.6 is 11.3 Å². The number of Topliss-reactive ketones (excluding diaryl/α,β-unsaturated/α-hetero) is 2. The highest BCUT2D eigenvalue weighted by molar-refractivity contribution is 7.13. The van der Waals surface area contributed by atoms with Crippen molar-refractivity contribution in [2.45, 2.75) is 26.2 Å². The molecule has 0 bridgehead atoms. The van der Waals surface area contributed by atoms with Crippen LogP contribution in [-0.4, -0.2) is 11.6 Å². The number of thiophene rings is 1. The monoisotopic (exact) mass is 333 g/mol. The van der Waals surface area contributed by atoms with Gasteiger partial charge in [0, 0.05) is 26.3 Å². The molecule has 119 valence electrons. The summed E-state index contributed by atoms with van der Waals surface area (Å²) in [7, 11) is 0. The van der Waals surface area contributed by atoms with E-state index in [-0.39, 0.29) is 17.0 Å². The molecule has 0 saturated heterocycles. The molecule has 1 aliphatic rings. The summed E-state index contributed by atoms with van der Waals surface area (Å²) in [6, 6.07) is 15.2. The minimum absolute atomic E-state index is 0.00214. The van der Waals surface area contributed by atoms with Crippen LogP contribution in [-0.2, 0) is 5.41 Å². The van der Waals surface area contributed by atoms with E-state index in [2.05, 4.69) is 20.8 Å². The molecule has 2 aromatic carbocycles. The fourth-order valence-corrected chi connectivity index (χ4v) is 4.29. The number of benzene rings is 2. The Morgan fingerprint density at radius 2 is 1.38 bits per heavy atom. The van der Waals surface area contributed by atoms with Gasteiger partial charge in [0.25, 0.3) is 0 Å². The van der Waals surface area contributed by atoms with Crippen molar-refractivity contribution in [3.8, 4) is 0 Å². The van der Waals surface area contributed by atoms with Gasteiger partial charge in [-0.2, -0.15) is 0 Å². The summed E-state index contributed by atoms with van der Waals surface area (Å²) < 4.78 is 0. The zero-order valence-corrected chi connectivity index (χ0v) is 14.7. The van der Waals surface area contributed by atoms with E-state index < -0.39 is 0 Å². The fraction of sp³-hybridized carbons (Fsp3) is 0.190. The minimum atomic E-state index is -0.161. The van der Waals surface area contributed by atoms with Crippen molar-refractivity contribution in [1.82, 2.24) is 0 Å². The third kappa shape index (κ3) is 2.15. The van der Waals surface area contributed by atoms with Gasteiger partial charge in [0.15, 0.2) is 17.5 Å². The van der Waals surface area contributed by atoms with E-state index in [1.165, 1.54) is 16.2 Å². The van der Waals surface area contributed by atoms with E-state index in [0.29, 0.717) is 17.0 Å². The average molecular weight is 333 g/mol. The summed E-state index contributed by atoms with van der Waals surface area (Å²) in [5.41, 5.74) is 1.26. The van der Waals surface area contributed by atoms with Gasteiger partial charge in [-0.15, -0.1) is 11.3 Å². The first-order valence-electron chi connectivity index (χ1n) is 7.97. The molecule has 1 heterocycles. The van der Waals surface area contributed by atoms with Crippen LogP contribution in [0.3, 0.4) is 0 Å². The summed E-state index contributed by atoms with van der Waals surface area (Å²) in [6.45, 7) is 6.40. The van der Waals surface area contributed by atoms with Gasteiger partial charge >= 0.3 is 0 Å². The molecule has 0 N–H and O–H groups in total. The number of carbonyl (C=O) groups is 2. The molecule has 0 amide bonds. The van der Waals surface area contributed by atoms with Crippen molar-refractivity contribution in [3.63, 3.8) is 0 Å². The SMILES string of the molecule is CC(C)(C)c1ccc([C]2C(=O)c3cccc4cccc(c34)C2=O)s1. The van der Waals surface area contributed by atoms with Crippen LogP contribution in [0.25, 0.3) is 10.8 Å². The normalized spacial score (nSPS) is 15.3. The number of rotatable bonds is 1. The van der Waals surface area contributed by atoms with Crippen molar-refractivity contribution in [2.24, 2.45) is 0 Å². The van der Waals surface area contributed by atoms with Crippen LogP contribution < -0.4 is 0 Å². The lowest BCUT2D eigenvalue weighted by Gasteiger charge is -2.21. The maximum Gasteiger partial charge on any atom is 0.184 e.